The van der Waals surface area contributed by atoms with Crippen LogP contribution in [0.2, 0.25) is 0 Å². The number of oxime groups is 1. The van der Waals surface area contributed by atoms with E-state index in [-0.39, 0.29) is 29.4 Å². The largest absolute Gasteiger partial charge is 0.480 e. The van der Waals surface area contributed by atoms with Gasteiger partial charge in [-0.1, -0.05) is 5.16 Å². The first kappa shape index (κ1) is 14.3. The molecule has 0 bridgehead atoms. The van der Waals surface area contributed by atoms with Gasteiger partial charge < -0.3 is 15.7 Å². The molecule has 2 rings (SSSR count). The molecule has 0 amide bonds. The summed E-state index contributed by atoms with van der Waals surface area (Å²) in [7, 11) is 1.76. The Morgan fingerprint density at radius 2 is 2.33 bits per heavy atom. The number of benzene rings is 1. The number of aromatic nitrogens is 2. The molecule has 9 heteroatoms. The first-order valence-electron chi connectivity index (χ1n) is 5.89. The Morgan fingerprint density at radius 3 is 2.90 bits per heavy atom. The molecule has 110 valence electrons. The highest BCUT2D eigenvalue weighted by molar-refractivity contribution is 5.97. The zero-order valence-corrected chi connectivity index (χ0v) is 11.1. The van der Waals surface area contributed by atoms with Gasteiger partial charge in [-0.05, 0) is 18.2 Å². The lowest BCUT2D eigenvalue weighted by Crippen LogP contribution is -2.13. The molecular formula is C12H13N5O4. The van der Waals surface area contributed by atoms with Gasteiger partial charge in [0.15, 0.2) is 11.6 Å². The minimum Gasteiger partial charge on any atom is -0.480 e. The maximum absolute atomic E-state index is 11.1. The second kappa shape index (κ2) is 5.90. The molecule has 9 nitrogen and oxygen atoms in total. The fraction of sp³-hybridized carbons (Fsp3) is 0.167. The topological polar surface area (TPSA) is 129 Å². The number of aryl methyl sites for hydroxylation is 1. The van der Waals surface area contributed by atoms with Crippen molar-refractivity contribution in [3.8, 4) is 5.75 Å². The Bertz CT molecular complexity index is 695. The zero-order valence-electron chi connectivity index (χ0n) is 11.1. The van der Waals surface area contributed by atoms with Crippen molar-refractivity contribution in [3.05, 3.63) is 51.8 Å². The second-order valence-corrected chi connectivity index (χ2v) is 4.19. The Labute approximate surface area is 119 Å². The highest BCUT2D eigenvalue weighted by Gasteiger charge is 2.17. The van der Waals surface area contributed by atoms with E-state index in [1.54, 1.807) is 24.0 Å². The average Bonchev–Trinajstić information content (AvgIpc) is 2.89. The Kier molecular flexibility index (Phi) is 4.02. The molecule has 0 fully saturated rings. The second-order valence-electron chi connectivity index (χ2n) is 4.19. The molecule has 3 N–H and O–H groups in total. The molecule has 0 radical (unpaired) electrons. The number of nitro groups is 1. The van der Waals surface area contributed by atoms with Gasteiger partial charge in [-0.25, -0.2) is 0 Å². The van der Waals surface area contributed by atoms with Gasteiger partial charge in [0.2, 0.25) is 0 Å². The number of nitrogens with two attached hydrogens (primary N) is 1. The lowest BCUT2D eigenvalue weighted by Gasteiger charge is -2.06. The third-order valence-electron chi connectivity index (χ3n) is 2.70. The zero-order chi connectivity index (χ0) is 15.4. The molecule has 0 saturated heterocycles. The van der Waals surface area contributed by atoms with E-state index in [1.807, 2.05) is 0 Å². The van der Waals surface area contributed by atoms with Gasteiger partial charge in [0.1, 0.15) is 6.61 Å². The summed E-state index contributed by atoms with van der Waals surface area (Å²) < 4.78 is 7.01. The molecule has 0 unspecified atom stereocenters. The first-order valence-corrected chi connectivity index (χ1v) is 5.89. The fourth-order valence-corrected chi connectivity index (χ4v) is 1.69. The predicted molar refractivity (Wildman–Crippen MR) is 73.1 cm³/mol. The monoisotopic (exact) mass is 291 g/mol. The summed E-state index contributed by atoms with van der Waals surface area (Å²) >= 11 is 0. The van der Waals surface area contributed by atoms with Crippen molar-refractivity contribution in [1.82, 2.24) is 9.78 Å². The van der Waals surface area contributed by atoms with E-state index >= 15 is 0 Å². The van der Waals surface area contributed by atoms with Crippen LogP contribution in [0.5, 0.6) is 5.75 Å². The van der Waals surface area contributed by atoms with Crippen LogP contribution in [-0.4, -0.2) is 25.7 Å². The van der Waals surface area contributed by atoms with Gasteiger partial charge in [-0.3, -0.25) is 14.8 Å². The van der Waals surface area contributed by atoms with Crippen LogP contribution < -0.4 is 10.5 Å². The van der Waals surface area contributed by atoms with E-state index in [4.69, 9.17) is 15.7 Å². The highest BCUT2D eigenvalue weighted by Crippen LogP contribution is 2.28. The van der Waals surface area contributed by atoms with Crippen molar-refractivity contribution in [3.63, 3.8) is 0 Å². The van der Waals surface area contributed by atoms with Gasteiger partial charge in [0.05, 0.1) is 10.6 Å². The molecule has 0 aliphatic carbocycles. The van der Waals surface area contributed by atoms with Crippen LogP contribution in [0.1, 0.15) is 11.3 Å². The normalized spacial score (nSPS) is 11.4. The maximum Gasteiger partial charge on any atom is 0.311 e. The predicted octanol–water partition coefficient (Wildman–Crippen LogP) is 1.00. The maximum atomic E-state index is 11.1. The fourth-order valence-electron chi connectivity index (χ4n) is 1.69. The molecule has 0 atom stereocenters. The molecule has 21 heavy (non-hydrogen) atoms. The summed E-state index contributed by atoms with van der Waals surface area (Å²) in [5.74, 6) is -0.130. The summed E-state index contributed by atoms with van der Waals surface area (Å²) in [4.78, 5) is 10.5. The van der Waals surface area contributed by atoms with E-state index in [2.05, 4.69) is 10.3 Å². The van der Waals surface area contributed by atoms with E-state index < -0.39 is 4.92 Å². The summed E-state index contributed by atoms with van der Waals surface area (Å²) in [6.45, 7) is 0.102. The number of ether oxygens (including phenoxy) is 1. The number of nitrogens with zero attached hydrogens (tertiary/aromatic N) is 4. The molecule has 0 saturated carbocycles. The molecule has 0 aliphatic rings. The number of nitro benzene ring substituents is 1. The van der Waals surface area contributed by atoms with Gasteiger partial charge in [0.25, 0.3) is 0 Å². The Morgan fingerprint density at radius 1 is 1.57 bits per heavy atom. The minimum absolute atomic E-state index is 0.0835. The Hall–Kier alpha value is -3.10. The summed E-state index contributed by atoms with van der Waals surface area (Å²) in [5.41, 5.74) is 6.01. The van der Waals surface area contributed by atoms with Crippen LogP contribution in [-0.2, 0) is 13.7 Å². The lowest BCUT2D eigenvalue weighted by molar-refractivity contribution is -0.386. The molecule has 1 aromatic heterocycles. The van der Waals surface area contributed by atoms with Crippen LogP contribution in [0, 0.1) is 10.1 Å². The molecular weight excluding hydrogens is 278 g/mol. The van der Waals surface area contributed by atoms with Gasteiger partial charge >= 0.3 is 5.69 Å². The Balaban J connectivity index is 2.24. The molecule has 0 aliphatic heterocycles. The highest BCUT2D eigenvalue weighted by atomic mass is 16.6. The van der Waals surface area contributed by atoms with Crippen molar-refractivity contribution in [1.29, 1.82) is 0 Å². The van der Waals surface area contributed by atoms with Crippen molar-refractivity contribution in [2.75, 3.05) is 0 Å². The van der Waals surface area contributed by atoms with E-state index in [9.17, 15) is 10.1 Å². The third kappa shape index (κ3) is 3.26. The SMILES string of the molecule is Cn1ccc(COc2ccc(/C(N)=N/O)cc2[N+](=O)[O-])n1. The summed E-state index contributed by atoms with van der Waals surface area (Å²) in [6, 6.07) is 5.80. The number of hydrogen-bond donors (Lipinski definition) is 2. The van der Waals surface area contributed by atoms with Crippen molar-refractivity contribution in [2.24, 2.45) is 17.9 Å². The summed E-state index contributed by atoms with van der Waals surface area (Å²) in [6.07, 6.45) is 1.74. The quantitative estimate of drug-likeness (QED) is 0.278. The van der Waals surface area contributed by atoms with Gasteiger partial charge in [-0.15, -0.1) is 0 Å². The molecule has 2 aromatic rings. The summed E-state index contributed by atoms with van der Waals surface area (Å²) in [5, 5.41) is 26.6. The average molecular weight is 291 g/mol. The van der Waals surface area contributed by atoms with E-state index in [0.29, 0.717) is 5.69 Å². The first-order chi connectivity index (χ1) is 10.0. The van der Waals surface area contributed by atoms with Crippen molar-refractivity contribution >= 4 is 11.5 Å². The van der Waals surface area contributed by atoms with Crippen molar-refractivity contribution < 1.29 is 14.9 Å². The number of hydrogen-bond acceptors (Lipinski definition) is 6. The van der Waals surface area contributed by atoms with Crippen LogP contribution in [0.15, 0.2) is 35.6 Å². The van der Waals surface area contributed by atoms with Crippen molar-refractivity contribution in [2.45, 2.75) is 6.61 Å². The molecule has 1 aromatic carbocycles. The smallest absolute Gasteiger partial charge is 0.311 e. The third-order valence-corrected chi connectivity index (χ3v) is 2.70. The lowest BCUT2D eigenvalue weighted by atomic mass is 10.1. The van der Waals surface area contributed by atoms with Crippen LogP contribution in [0.4, 0.5) is 5.69 Å². The van der Waals surface area contributed by atoms with Crippen LogP contribution in [0.3, 0.4) is 0 Å². The number of amidine groups is 1. The van der Waals surface area contributed by atoms with Crippen LogP contribution in [0.25, 0.3) is 0 Å². The number of rotatable bonds is 5. The van der Waals surface area contributed by atoms with Crippen LogP contribution >= 0.6 is 0 Å². The standard InChI is InChI=1S/C12H13N5O4/c1-16-5-4-9(14-16)7-21-11-3-2-8(12(13)15-18)6-10(11)17(19)20/h2-6,18H,7H2,1H3,(H2,13,15). The van der Waals surface area contributed by atoms with E-state index in [1.165, 1.54) is 18.2 Å². The van der Waals surface area contributed by atoms with Gasteiger partial charge in [0, 0.05) is 24.9 Å². The molecule has 1 heterocycles. The minimum atomic E-state index is -0.595. The van der Waals surface area contributed by atoms with E-state index in [0.717, 1.165) is 0 Å². The molecule has 0 spiro atoms. The van der Waals surface area contributed by atoms with Gasteiger partial charge in [-0.2, -0.15) is 5.10 Å².